The van der Waals surface area contributed by atoms with Crippen molar-refractivity contribution >= 4 is 54.2 Å². The Bertz CT molecular complexity index is 781. The van der Waals surface area contributed by atoms with Crippen molar-refractivity contribution in [3.8, 4) is 0 Å². The van der Waals surface area contributed by atoms with Gasteiger partial charge in [0.1, 0.15) is 5.82 Å². The normalized spacial score (nSPS) is 13.0. The van der Waals surface area contributed by atoms with Crippen LogP contribution in [0.3, 0.4) is 0 Å². The van der Waals surface area contributed by atoms with Crippen LogP contribution in [0.15, 0.2) is 37.9 Å². The molecule has 6 heteroatoms. The molecule has 3 nitrogen and oxygen atoms in total. The molecule has 0 saturated heterocycles. The van der Waals surface area contributed by atoms with Gasteiger partial charge in [-0.2, -0.15) is 0 Å². The molecular weight excluding hydrogens is 416 g/mol. The number of halogens is 2. The van der Waals surface area contributed by atoms with Crippen LogP contribution < -0.4 is 0 Å². The summed E-state index contributed by atoms with van der Waals surface area (Å²) >= 11 is 8.52. The number of para-hydroxylation sites is 2. The van der Waals surface area contributed by atoms with E-state index >= 15 is 0 Å². The molecule has 2 heterocycles. The molecule has 1 unspecified atom stereocenters. The summed E-state index contributed by atoms with van der Waals surface area (Å²) in [6, 6.07) is 10.0. The minimum absolute atomic E-state index is 0.504. The zero-order valence-corrected chi connectivity index (χ0v) is 15.4. The molecule has 1 atom stereocenters. The number of nitrogens with zero attached hydrogens (tertiary/aromatic N) is 2. The van der Waals surface area contributed by atoms with E-state index in [1.807, 2.05) is 24.3 Å². The van der Waals surface area contributed by atoms with E-state index in [0.717, 1.165) is 36.5 Å². The molecule has 1 N–H and O–H groups in total. The third kappa shape index (κ3) is 2.95. The van der Waals surface area contributed by atoms with Crippen LogP contribution in [-0.4, -0.2) is 14.7 Å². The minimum atomic E-state index is -0.566. The van der Waals surface area contributed by atoms with Crippen LogP contribution in [0.4, 0.5) is 0 Å². The van der Waals surface area contributed by atoms with Crippen molar-refractivity contribution in [2.75, 3.05) is 0 Å². The van der Waals surface area contributed by atoms with Gasteiger partial charge in [-0.25, -0.2) is 4.98 Å². The van der Waals surface area contributed by atoms with Gasteiger partial charge in [-0.3, -0.25) is 0 Å². The summed E-state index contributed by atoms with van der Waals surface area (Å²) < 4.78 is 4.13. The molecule has 3 aromatic rings. The van der Waals surface area contributed by atoms with Crippen LogP contribution in [0.5, 0.6) is 0 Å². The number of benzene rings is 1. The van der Waals surface area contributed by atoms with Crippen molar-refractivity contribution in [3.05, 3.63) is 49.3 Å². The Balaban J connectivity index is 1.96. The van der Waals surface area contributed by atoms with Gasteiger partial charge in [-0.15, -0.1) is 11.3 Å². The minimum Gasteiger partial charge on any atom is -0.388 e. The van der Waals surface area contributed by atoms with Gasteiger partial charge in [0.05, 0.1) is 24.7 Å². The van der Waals surface area contributed by atoms with Gasteiger partial charge in [0.15, 0.2) is 0 Å². The monoisotopic (exact) mass is 428 g/mol. The molecule has 0 aliphatic carbocycles. The number of rotatable bonds is 4. The Morgan fingerprint density at radius 1 is 1.33 bits per heavy atom. The number of imidazole rings is 1. The van der Waals surface area contributed by atoms with Crippen molar-refractivity contribution in [1.29, 1.82) is 0 Å². The van der Waals surface area contributed by atoms with Crippen molar-refractivity contribution < 1.29 is 5.11 Å². The molecule has 21 heavy (non-hydrogen) atoms. The lowest BCUT2D eigenvalue weighted by Gasteiger charge is -2.11. The molecule has 0 bridgehead atoms. The van der Waals surface area contributed by atoms with Gasteiger partial charge in [0.2, 0.25) is 0 Å². The molecular formula is C15H14Br2N2OS. The molecule has 3 rings (SSSR count). The van der Waals surface area contributed by atoms with Gasteiger partial charge < -0.3 is 9.67 Å². The first-order chi connectivity index (χ1) is 10.1. The second kappa shape index (κ2) is 6.20. The molecule has 0 amide bonds. The van der Waals surface area contributed by atoms with E-state index in [9.17, 15) is 5.11 Å². The first-order valence-electron chi connectivity index (χ1n) is 6.67. The van der Waals surface area contributed by atoms with Crippen molar-refractivity contribution in [2.45, 2.75) is 26.0 Å². The van der Waals surface area contributed by atoms with E-state index in [1.165, 1.54) is 0 Å². The maximum absolute atomic E-state index is 10.5. The van der Waals surface area contributed by atoms with E-state index in [4.69, 9.17) is 0 Å². The zero-order valence-electron chi connectivity index (χ0n) is 11.4. The number of hydrogen-bond donors (Lipinski definition) is 1. The first kappa shape index (κ1) is 15.2. The van der Waals surface area contributed by atoms with Crippen LogP contribution in [0.1, 0.15) is 24.4 Å². The fourth-order valence-corrected chi connectivity index (χ4v) is 5.45. The first-order valence-corrected chi connectivity index (χ1v) is 9.07. The van der Waals surface area contributed by atoms with E-state index in [-0.39, 0.29) is 0 Å². The summed E-state index contributed by atoms with van der Waals surface area (Å²) in [4.78, 5) is 4.66. The Labute approximate surface area is 143 Å². The highest BCUT2D eigenvalue weighted by atomic mass is 79.9. The smallest absolute Gasteiger partial charge is 0.112 e. The van der Waals surface area contributed by atoms with Crippen molar-refractivity contribution in [2.24, 2.45) is 0 Å². The highest BCUT2D eigenvalue weighted by Crippen LogP contribution is 2.36. The lowest BCUT2D eigenvalue weighted by molar-refractivity contribution is 0.174. The van der Waals surface area contributed by atoms with E-state index < -0.39 is 6.10 Å². The Kier molecular flexibility index (Phi) is 4.49. The summed E-state index contributed by atoms with van der Waals surface area (Å²) in [7, 11) is 0. The third-order valence-electron chi connectivity index (χ3n) is 3.47. The number of aryl methyl sites for hydroxylation is 1. The molecule has 110 valence electrons. The van der Waals surface area contributed by atoms with E-state index in [0.29, 0.717) is 6.42 Å². The number of aromatic nitrogens is 2. The number of fused-ring (bicyclic) bond motifs is 1. The average molecular weight is 430 g/mol. The lowest BCUT2D eigenvalue weighted by Crippen LogP contribution is -2.08. The van der Waals surface area contributed by atoms with Gasteiger partial charge in [0, 0.05) is 18.5 Å². The van der Waals surface area contributed by atoms with Gasteiger partial charge in [0.25, 0.3) is 0 Å². The summed E-state index contributed by atoms with van der Waals surface area (Å²) in [5.41, 5.74) is 3.00. The third-order valence-corrected chi connectivity index (χ3v) is 5.85. The maximum Gasteiger partial charge on any atom is 0.112 e. The zero-order chi connectivity index (χ0) is 15.0. The SMILES string of the molecule is CCn1c(CC(O)c2cc(Br)sc2Br)nc2ccccc21. The van der Waals surface area contributed by atoms with Gasteiger partial charge >= 0.3 is 0 Å². The fraction of sp³-hybridized carbons (Fsp3) is 0.267. The molecule has 1 aromatic carbocycles. The van der Waals surface area contributed by atoms with Crippen LogP contribution in [-0.2, 0) is 13.0 Å². The largest absolute Gasteiger partial charge is 0.388 e. The molecule has 0 aliphatic heterocycles. The summed E-state index contributed by atoms with van der Waals surface area (Å²) in [6.45, 7) is 2.94. The van der Waals surface area contributed by atoms with Crippen LogP contribution >= 0.6 is 43.2 Å². The van der Waals surface area contributed by atoms with Crippen molar-refractivity contribution in [3.63, 3.8) is 0 Å². The average Bonchev–Trinajstić information content (AvgIpc) is 2.97. The number of hydrogen-bond acceptors (Lipinski definition) is 3. The maximum atomic E-state index is 10.5. The van der Waals surface area contributed by atoms with Crippen molar-refractivity contribution in [1.82, 2.24) is 9.55 Å². The van der Waals surface area contributed by atoms with Crippen LogP contribution in [0, 0.1) is 0 Å². The standard InChI is InChI=1S/C15H14Br2N2OS/c1-2-19-11-6-4-3-5-10(11)18-14(19)8-12(20)9-7-13(16)21-15(9)17/h3-7,12,20H,2,8H2,1H3. The predicted molar refractivity (Wildman–Crippen MR) is 93.8 cm³/mol. The number of thiophene rings is 1. The lowest BCUT2D eigenvalue weighted by atomic mass is 10.1. The predicted octanol–water partition coefficient (Wildman–Crippen LogP) is 4.92. The summed E-state index contributed by atoms with van der Waals surface area (Å²) in [5, 5.41) is 10.5. The Morgan fingerprint density at radius 3 is 2.76 bits per heavy atom. The highest BCUT2D eigenvalue weighted by molar-refractivity contribution is 9.12. The van der Waals surface area contributed by atoms with E-state index in [2.05, 4.69) is 54.4 Å². The molecule has 2 aromatic heterocycles. The summed E-state index contributed by atoms with van der Waals surface area (Å²) in [5.74, 6) is 0.917. The Hall–Kier alpha value is -0.690. The van der Waals surface area contributed by atoms with Gasteiger partial charge in [-0.1, -0.05) is 12.1 Å². The van der Waals surface area contributed by atoms with Gasteiger partial charge in [-0.05, 0) is 57.0 Å². The summed E-state index contributed by atoms with van der Waals surface area (Å²) in [6.07, 6.45) is -0.0614. The molecule has 0 radical (unpaired) electrons. The molecule has 0 fully saturated rings. The van der Waals surface area contributed by atoms with E-state index in [1.54, 1.807) is 11.3 Å². The molecule has 0 spiro atoms. The number of aliphatic hydroxyl groups excluding tert-OH is 1. The molecule has 0 aliphatic rings. The van der Waals surface area contributed by atoms with Crippen LogP contribution in [0.2, 0.25) is 0 Å². The quantitative estimate of drug-likeness (QED) is 0.639. The van der Waals surface area contributed by atoms with Crippen LogP contribution in [0.25, 0.3) is 11.0 Å². The second-order valence-electron chi connectivity index (χ2n) is 4.76. The topological polar surface area (TPSA) is 38.0 Å². The highest BCUT2D eigenvalue weighted by Gasteiger charge is 2.18. The second-order valence-corrected chi connectivity index (χ2v) is 8.51. The molecule has 0 saturated carbocycles. The number of aliphatic hydroxyl groups is 1. The fourth-order valence-electron chi connectivity index (χ4n) is 2.50. The Morgan fingerprint density at radius 2 is 2.10 bits per heavy atom.